The number of carboxylic acids is 2. The van der Waals surface area contributed by atoms with Gasteiger partial charge in [-0.1, -0.05) is 6.07 Å². The molecule has 2 rings (SSSR count). The minimum Gasteiger partial charge on any atom is -0.473 e. The maximum atomic E-state index is 11.0. The van der Waals surface area contributed by atoms with Crippen LogP contribution in [0.5, 0.6) is 0 Å². The highest BCUT2D eigenvalue weighted by Gasteiger charge is 2.27. The Kier molecular flexibility index (Phi) is 6.12. The van der Waals surface area contributed by atoms with Crippen molar-refractivity contribution < 1.29 is 29.7 Å². The van der Waals surface area contributed by atoms with Crippen LogP contribution >= 0.6 is 0 Å². The summed E-state index contributed by atoms with van der Waals surface area (Å²) >= 11 is 0. The molecule has 1 aromatic heterocycles. The molecule has 2 heterocycles. The maximum absolute atomic E-state index is 11.0. The van der Waals surface area contributed by atoms with Crippen molar-refractivity contribution in [3.05, 3.63) is 30.1 Å². The van der Waals surface area contributed by atoms with Gasteiger partial charge in [-0.05, 0) is 30.9 Å². The Morgan fingerprint density at radius 3 is 2.29 bits per heavy atom. The van der Waals surface area contributed by atoms with Gasteiger partial charge >= 0.3 is 18.0 Å². The first-order valence-electron chi connectivity index (χ1n) is 6.29. The van der Waals surface area contributed by atoms with Gasteiger partial charge < -0.3 is 20.2 Å². The number of piperidine rings is 1. The van der Waals surface area contributed by atoms with Crippen molar-refractivity contribution in [2.24, 2.45) is 0 Å². The van der Waals surface area contributed by atoms with Gasteiger partial charge in [-0.2, -0.15) is 0 Å². The van der Waals surface area contributed by atoms with E-state index in [0.29, 0.717) is 6.54 Å². The molecule has 3 N–H and O–H groups in total. The number of carboxylic acid groups (broad SMARTS) is 3. The van der Waals surface area contributed by atoms with E-state index < -0.39 is 18.0 Å². The summed E-state index contributed by atoms with van der Waals surface area (Å²) in [7, 11) is 0. The Labute approximate surface area is 120 Å². The van der Waals surface area contributed by atoms with Gasteiger partial charge in [0.1, 0.15) is 0 Å². The predicted octanol–water partition coefficient (Wildman–Crippen LogP) is 1.44. The summed E-state index contributed by atoms with van der Waals surface area (Å²) in [5.74, 6) is -3.65. The smallest absolute Gasteiger partial charge is 0.414 e. The predicted molar refractivity (Wildman–Crippen MR) is 70.8 cm³/mol. The van der Waals surface area contributed by atoms with Crippen molar-refractivity contribution in [2.45, 2.75) is 25.3 Å². The van der Waals surface area contributed by atoms with Gasteiger partial charge in [0, 0.05) is 18.9 Å². The van der Waals surface area contributed by atoms with Gasteiger partial charge in [0.05, 0.1) is 6.04 Å². The highest BCUT2D eigenvalue weighted by Crippen LogP contribution is 2.30. The van der Waals surface area contributed by atoms with Crippen molar-refractivity contribution in [1.82, 2.24) is 9.88 Å². The SMILES string of the molecule is O=C(O)C(=O)O.O=C(O)N1CCCCC1c1cccnc1. The Morgan fingerprint density at radius 2 is 1.81 bits per heavy atom. The van der Waals surface area contributed by atoms with Crippen LogP contribution in [0, 0.1) is 0 Å². The van der Waals surface area contributed by atoms with Crippen LogP contribution in [0.4, 0.5) is 4.79 Å². The van der Waals surface area contributed by atoms with Crippen molar-refractivity contribution in [3.8, 4) is 0 Å². The Bertz CT molecular complexity index is 493. The zero-order valence-corrected chi connectivity index (χ0v) is 11.2. The second kappa shape index (κ2) is 7.83. The monoisotopic (exact) mass is 296 g/mol. The number of rotatable bonds is 1. The lowest BCUT2D eigenvalue weighted by Crippen LogP contribution is -2.37. The number of amides is 1. The number of pyridine rings is 1. The van der Waals surface area contributed by atoms with Crippen LogP contribution in [0.1, 0.15) is 30.9 Å². The molecule has 0 aromatic carbocycles. The van der Waals surface area contributed by atoms with Crippen LogP contribution in [-0.4, -0.2) is 49.8 Å². The molecule has 1 fully saturated rings. The molecule has 0 saturated carbocycles. The molecular weight excluding hydrogens is 280 g/mol. The van der Waals surface area contributed by atoms with E-state index >= 15 is 0 Å². The lowest BCUT2D eigenvalue weighted by molar-refractivity contribution is -0.159. The fraction of sp³-hybridized carbons (Fsp3) is 0.385. The number of likely N-dealkylation sites (tertiary alicyclic amines) is 1. The minimum absolute atomic E-state index is 0.00931. The Morgan fingerprint density at radius 1 is 1.14 bits per heavy atom. The fourth-order valence-electron chi connectivity index (χ4n) is 2.08. The van der Waals surface area contributed by atoms with Gasteiger partial charge in [-0.25, -0.2) is 14.4 Å². The number of hydrogen-bond donors (Lipinski definition) is 3. The number of aromatic nitrogens is 1. The molecule has 8 heteroatoms. The highest BCUT2D eigenvalue weighted by molar-refractivity contribution is 6.27. The van der Waals surface area contributed by atoms with Crippen molar-refractivity contribution in [3.63, 3.8) is 0 Å². The molecule has 0 radical (unpaired) electrons. The van der Waals surface area contributed by atoms with Crippen molar-refractivity contribution in [2.75, 3.05) is 6.54 Å². The third-order valence-electron chi connectivity index (χ3n) is 3.00. The van der Waals surface area contributed by atoms with Crippen LogP contribution in [0.15, 0.2) is 24.5 Å². The third-order valence-corrected chi connectivity index (χ3v) is 3.00. The van der Waals surface area contributed by atoms with E-state index in [-0.39, 0.29) is 6.04 Å². The van der Waals surface area contributed by atoms with Crippen LogP contribution in [0.2, 0.25) is 0 Å². The quantitative estimate of drug-likeness (QED) is 0.669. The minimum atomic E-state index is -1.82. The molecule has 1 amide bonds. The molecule has 21 heavy (non-hydrogen) atoms. The summed E-state index contributed by atoms with van der Waals surface area (Å²) in [6, 6.07) is 3.79. The van der Waals surface area contributed by atoms with E-state index in [0.717, 1.165) is 24.8 Å². The van der Waals surface area contributed by atoms with Crippen molar-refractivity contribution >= 4 is 18.0 Å². The van der Waals surface area contributed by atoms with E-state index in [4.69, 9.17) is 24.9 Å². The molecule has 1 aliphatic heterocycles. The fourth-order valence-corrected chi connectivity index (χ4v) is 2.08. The average molecular weight is 296 g/mol. The van der Waals surface area contributed by atoms with Crippen LogP contribution in [0.25, 0.3) is 0 Å². The van der Waals surface area contributed by atoms with Gasteiger partial charge in [0.25, 0.3) is 0 Å². The molecule has 1 unspecified atom stereocenters. The number of nitrogens with zero attached hydrogens (tertiary/aromatic N) is 2. The summed E-state index contributed by atoms with van der Waals surface area (Å²) in [6.07, 6.45) is 5.58. The van der Waals surface area contributed by atoms with Gasteiger partial charge in [0.15, 0.2) is 0 Å². The number of aliphatic carboxylic acids is 2. The standard InChI is InChI=1S/C11H14N2O2.C2H2O4/c14-11(15)13-7-2-1-5-10(13)9-4-3-6-12-8-9;3-1(4)2(5)6/h3-4,6,8,10H,1-2,5,7H2,(H,14,15);(H,3,4)(H,5,6). The molecule has 8 nitrogen and oxygen atoms in total. The van der Waals surface area contributed by atoms with E-state index in [2.05, 4.69) is 4.98 Å². The van der Waals surface area contributed by atoms with Crippen LogP contribution in [-0.2, 0) is 9.59 Å². The lowest BCUT2D eigenvalue weighted by atomic mass is 9.97. The highest BCUT2D eigenvalue weighted by atomic mass is 16.4. The summed E-state index contributed by atoms with van der Waals surface area (Å²) in [5.41, 5.74) is 1.000. The average Bonchev–Trinajstić information content (AvgIpc) is 2.48. The molecular formula is C13H16N2O6. The first-order valence-corrected chi connectivity index (χ1v) is 6.29. The topological polar surface area (TPSA) is 128 Å². The third kappa shape index (κ3) is 5.09. The first-order chi connectivity index (χ1) is 9.93. The molecule has 1 atom stereocenters. The van der Waals surface area contributed by atoms with E-state index in [9.17, 15) is 4.79 Å². The number of carbonyl (C=O) groups is 3. The van der Waals surface area contributed by atoms with E-state index in [1.165, 1.54) is 4.90 Å². The summed E-state index contributed by atoms with van der Waals surface area (Å²) < 4.78 is 0. The van der Waals surface area contributed by atoms with Crippen molar-refractivity contribution in [1.29, 1.82) is 0 Å². The molecule has 1 saturated heterocycles. The van der Waals surface area contributed by atoms with E-state index in [1.54, 1.807) is 12.4 Å². The van der Waals surface area contributed by atoms with E-state index in [1.807, 2.05) is 12.1 Å². The molecule has 0 bridgehead atoms. The summed E-state index contributed by atoms with van der Waals surface area (Å²) in [5, 5.41) is 23.9. The molecule has 1 aliphatic rings. The lowest BCUT2D eigenvalue weighted by Gasteiger charge is -2.33. The zero-order valence-electron chi connectivity index (χ0n) is 11.2. The van der Waals surface area contributed by atoms with Crippen LogP contribution < -0.4 is 0 Å². The normalized spacial score (nSPS) is 17.3. The molecule has 1 aromatic rings. The molecule has 114 valence electrons. The molecule has 0 spiro atoms. The second-order valence-corrected chi connectivity index (χ2v) is 4.38. The first kappa shape index (κ1) is 16.4. The summed E-state index contributed by atoms with van der Waals surface area (Å²) in [4.78, 5) is 34.8. The van der Waals surface area contributed by atoms with Crippen LogP contribution in [0.3, 0.4) is 0 Å². The van der Waals surface area contributed by atoms with Gasteiger partial charge in [0.2, 0.25) is 0 Å². The van der Waals surface area contributed by atoms with Gasteiger partial charge in [-0.15, -0.1) is 0 Å². The van der Waals surface area contributed by atoms with Gasteiger partial charge in [-0.3, -0.25) is 4.98 Å². The maximum Gasteiger partial charge on any atom is 0.414 e. The zero-order chi connectivity index (χ0) is 15.8. The largest absolute Gasteiger partial charge is 0.473 e. The number of hydrogen-bond acceptors (Lipinski definition) is 4. The molecule has 0 aliphatic carbocycles. The second-order valence-electron chi connectivity index (χ2n) is 4.38. The summed E-state index contributed by atoms with van der Waals surface area (Å²) in [6.45, 7) is 0.634. The Hall–Kier alpha value is -2.64. The Balaban J connectivity index is 0.000000315.